The highest BCUT2D eigenvalue weighted by Crippen LogP contribution is 2.41. The van der Waals surface area contributed by atoms with E-state index in [9.17, 15) is 14.7 Å². The summed E-state index contributed by atoms with van der Waals surface area (Å²) in [5.74, 6) is 0.0998. The maximum atomic E-state index is 12.9. The normalized spacial score (nSPS) is 15.8. The Morgan fingerprint density at radius 3 is 2.67 bits per heavy atom. The first kappa shape index (κ1) is 22.3. The number of phenolic OH excluding ortho intramolecular Hbond substituents is 1. The molecule has 4 rings (SSSR count). The summed E-state index contributed by atoms with van der Waals surface area (Å²) in [6, 6.07) is 3.42. The number of benzene rings is 1. The van der Waals surface area contributed by atoms with Gasteiger partial charge in [0.25, 0.3) is 5.91 Å². The van der Waals surface area contributed by atoms with Crippen molar-refractivity contribution < 1.29 is 14.7 Å². The topological polar surface area (TPSA) is 120 Å². The second-order valence-corrected chi connectivity index (χ2v) is 8.96. The number of anilines is 1. The lowest BCUT2D eigenvalue weighted by Gasteiger charge is -2.22. The molecule has 1 aliphatic carbocycles. The molecule has 1 aromatic heterocycles. The third-order valence-electron chi connectivity index (χ3n) is 5.33. The van der Waals surface area contributed by atoms with Gasteiger partial charge in [0.05, 0.1) is 5.56 Å². The maximum absolute atomic E-state index is 12.9. The third-order valence-corrected chi connectivity index (χ3v) is 5.33. The van der Waals surface area contributed by atoms with Crippen molar-refractivity contribution in [3.63, 3.8) is 0 Å². The van der Waals surface area contributed by atoms with E-state index < -0.39 is 5.54 Å². The number of hydrogen-bond donors (Lipinski definition) is 2. The van der Waals surface area contributed by atoms with Gasteiger partial charge in [-0.1, -0.05) is 12.2 Å². The molecule has 1 aromatic carbocycles. The molecule has 2 aromatic rings. The standard InChI is InChI=1S/C24H26N6O3/c1-24(2,3)27-22(33)18-13-15-7-4-5-8-17(15)19(20(18)32)28-29-21-16(14-31)9-12-30(21)23-25-10-6-11-26-23/h5-6,8,10-11,13-14,32H,4,7,9,12H2,1-3H3,(H,27,33)/b29-28+. The largest absolute Gasteiger partial charge is 0.505 e. The second-order valence-electron chi connectivity index (χ2n) is 8.96. The molecular weight excluding hydrogens is 420 g/mol. The number of aromatic nitrogens is 2. The van der Waals surface area contributed by atoms with Gasteiger partial charge in [0.2, 0.25) is 5.95 Å². The van der Waals surface area contributed by atoms with Crippen LogP contribution in [-0.2, 0) is 11.2 Å². The van der Waals surface area contributed by atoms with E-state index >= 15 is 0 Å². The molecule has 2 N–H and O–H groups in total. The van der Waals surface area contributed by atoms with Crippen LogP contribution in [0.25, 0.3) is 6.08 Å². The van der Waals surface area contributed by atoms with Gasteiger partial charge in [0, 0.05) is 35.6 Å². The molecule has 1 aliphatic heterocycles. The molecule has 0 spiro atoms. The lowest BCUT2D eigenvalue weighted by molar-refractivity contribution is -0.105. The van der Waals surface area contributed by atoms with Crippen LogP contribution >= 0.6 is 0 Å². The molecule has 2 heterocycles. The summed E-state index contributed by atoms with van der Waals surface area (Å²) in [6.07, 6.45) is 9.87. The zero-order valence-corrected chi connectivity index (χ0v) is 18.9. The molecular formula is C24H26N6O3. The number of nitrogens with zero attached hydrogens (tertiary/aromatic N) is 5. The molecule has 0 unspecified atom stereocenters. The van der Waals surface area contributed by atoms with Crippen LogP contribution in [0.3, 0.4) is 0 Å². The van der Waals surface area contributed by atoms with E-state index in [-0.39, 0.29) is 22.9 Å². The predicted molar refractivity (Wildman–Crippen MR) is 124 cm³/mol. The summed E-state index contributed by atoms with van der Waals surface area (Å²) >= 11 is 0. The zero-order valence-electron chi connectivity index (χ0n) is 18.9. The second kappa shape index (κ2) is 8.93. The van der Waals surface area contributed by atoms with Crippen molar-refractivity contribution in [3.05, 3.63) is 58.7 Å². The van der Waals surface area contributed by atoms with Crippen LogP contribution in [0.4, 0.5) is 11.6 Å². The molecule has 0 radical (unpaired) electrons. The van der Waals surface area contributed by atoms with Crippen molar-refractivity contribution in [2.45, 2.75) is 45.6 Å². The molecule has 0 saturated heterocycles. The SMILES string of the molecule is CC(C)(C)NC(=O)c1cc2c(c(/N=N/C3=C(C=O)CCN3c3ncccn3)c1O)C=CCC2. The lowest BCUT2D eigenvalue weighted by Crippen LogP contribution is -2.40. The summed E-state index contributed by atoms with van der Waals surface area (Å²) in [5, 5.41) is 22.6. The van der Waals surface area contributed by atoms with Gasteiger partial charge < -0.3 is 10.4 Å². The molecule has 9 heteroatoms. The Morgan fingerprint density at radius 2 is 1.97 bits per heavy atom. The van der Waals surface area contributed by atoms with Crippen molar-refractivity contribution in [3.8, 4) is 5.75 Å². The van der Waals surface area contributed by atoms with E-state index in [2.05, 4.69) is 25.5 Å². The molecule has 0 atom stereocenters. The van der Waals surface area contributed by atoms with E-state index in [1.54, 1.807) is 29.4 Å². The number of aldehydes is 1. The fourth-order valence-electron chi connectivity index (χ4n) is 3.82. The first-order chi connectivity index (χ1) is 15.8. The fourth-order valence-corrected chi connectivity index (χ4v) is 3.82. The quantitative estimate of drug-likeness (QED) is 0.528. The minimum Gasteiger partial charge on any atom is -0.505 e. The summed E-state index contributed by atoms with van der Waals surface area (Å²) in [5.41, 5.74) is 1.96. The summed E-state index contributed by atoms with van der Waals surface area (Å²) in [6.45, 7) is 6.11. The van der Waals surface area contributed by atoms with Gasteiger partial charge in [0.15, 0.2) is 11.6 Å². The zero-order chi connectivity index (χ0) is 23.6. The number of phenols is 1. The number of aryl methyl sites for hydroxylation is 1. The number of hydrogen-bond acceptors (Lipinski definition) is 8. The Labute approximate surface area is 192 Å². The van der Waals surface area contributed by atoms with Gasteiger partial charge in [-0.05, 0) is 57.7 Å². The lowest BCUT2D eigenvalue weighted by atomic mass is 9.92. The number of nitrogens with one attached hydrogen (secondary N) is 1. The highest BCUT2D eigenvalue weighted by Gasteiger charge is 2.27. The van der Waals surface area contributed by atoms with Gasteiger partial charge in [0.1, 0.15) is 12.0 Å². The number of aromatic hydroxyl groups is 1. The van der Waals surface area contributed by atoms with E-state index in [1.807, 2.05) is 32.9 Å². The highest BCUT2D eigenvalue weighted by molar-refractivity contribution is 6.00. The monoisotopic (exact) mass is 446 g/mol. The van der Waals surface area contributed by atoms with Crippen molar-refractivity contribution in [2.24, 2.45) is 10.2 Å². The summed E-state index contributed by atoms with van der Waals surface area (Å²) in [4.78, 5) is 34.7. The number of fused-ring (bicyclic) bond motifs is 1. The average molecular weight is 447 g/mol. The Morgan fingerprint density at radius 1 is 1.21 bits per heavy atom. The molecule has 170 valence electrons. The van der Waals surface area contributed by atoms with E-state index in [0.717, 1.165) is 24.7 Å². The van der Waals surface area contributed by atoms with E-state index in [4.69, 9.17) is 0 Å². The van der Waals surface area contributed by atoms with Gasteiger partial charge in [-0.2, -0.15) is 0 Å². The van der Waals surface area contributed by atoms with Crippen LogP contribution in [0.2, 0.25) is 0 Å². The molecule has 0 saturated carbocycles. The molecule has 0 fully saturated rings. The number of allylic oxidation sites excluding steroid dienone is 1. The first-order valence-corrected chi connectivity index (χ1v) is 10.8. The molecule has 1 amide bonds. The fraction of sp³-hybridized carbons (Fsp3) is 0.333. The predicted octanol–water partition coefficient (Wildman–Crippen LogP) is 4.07. The molecule has 9 nitrogen and oxygen atoms in total. The van der Waals surface area contributed by atoms with Crippen LogP contribution in [0.1, 0.15) is 55.1 Å². The maximum Gasteiger partial charge on any atom is 0.255 e. The highest BCUT2D eigenvalue weighted by atomic mass is 16.3. The number of carbonyl (C=O) groups excluding carboxylic acids is 2. The van der Waals surface area contributed by atoms with Gasteiger partial charge >= 0.3 is 0 Å². The van der Waals surface area contributed by atoms with Crippen molar-refractivity contribution in [1.82, 2.24) is 15.3 Å². The number of rotatable bonds is 5. The van der Waals surface area contributed by atoms with Crippen LogP contribution in [-0.4, -0.2) is 39.4 Å². The summed E-state index contributed by atoms with van der Waals surface area (Å²) < 4.78 is 0. The number of azo groups is 1. The Bertz CT molecular complexity index is 1180. The third kappa shape index (κ3) is 4.67. The van der Waals surface area contributed by atoms with Gasteiger partial charge in [-0.15, -0.1) is 10.2 Å². The smallest absolute Gasteiger partial charge is 0.255 e. The van der Waals surface area contributed by atoms with Crippen LogP contribution in [0.5, 0.6) is 5.75 Å². The summed E-state index contributed by atoms with van der Waals surface area (Å²) in [7, 11) is 0. The number of carbonyl (C=O) groups is 2. The van der Waals surface area contributed by atoms with Gasteiger partial charge in [-0.25, -0.2) is 9.97 Å². The molecule has 2 aliphatic rings. The minimum absolute atomic E-state index is 0.146. The van der Waals surface area contributed by atoms with Crippen molar-refractivity contribution in [1.29, 1.82) is 0 Å². The minimum atomic E-state index is -0.468. The van der Waals surface area contributed by atoms with E-state index in [1.165, 1.54) is 0 Å². The first-order valence-electron chi connectivity index (χ1n) is 10.8. The molecule has 33 heavy (non-hydrogen) atoms. The van der Waals surface area contributed by atoms with E-state index in [0.29, 0.717) is 35.9 Å². The Balaban J connectivity index is 1.78. The van der Waals surface area contributed by atoms with Crippen molar-refractivity contribution in [2.75, 3.05) is 11.4 Å². The Hall–Kier alpha value is -3.88. The van der Waals surface area contributed by atoms with Crippen LogP contribution in [0.15, 0.2) is 52.2 Å². The molecule has 0 bridgehead atoms. The number of amides is 1. The average Bonchev–Trinajstić information content (AvgIpc) is 3.20. The van der Waals surface area contributed by atoms with Crippen LogP contribution < -0.4 is 10.2 Å². The van der Waals surface area contributed by atoms with Gasteiger partial charge in [-0.3, -0.25) is 14.5 Å². The Kier molecular flexibility index (Phi) is 6.04. The van der Waals surface area contributed by atoms with Crippen molar-refractivity contribution >= 4 is 29.9 Å². The van der Waals surface area contributed by atoms with Crippen LogP contribution in [0, 0.1) is 0 Å².